The van der Waals surface area contributed by atoms with Gasteiger partial charge in [-0.25, -0.2) is 0 Å². The molecule has 0 unspecified atom stereocenters. The number of benzene rings is 1. The fourth-order valence-electron chi connectivity index (χ4n) is 2.00. The second-order valence-corrected chi connectivity index (χ2v) is 5.89. The Morgan fingerprint density at radius 2 is 1.71 bits per heavy atom. The number of rotatable bonds is 6. The molecule has 1 N–H and O–H groups in total. The molecule has 0 fully saturated rings. The summed E-state index contributed by atoms with van der Waals surface area (Å²) < 4.78 is 5.87. The van der Waals surface area contributed by atoms with Gasteiger partial charge in [-0.05, 0) is 35.2 Å². The SMILES string of the molecule is CC(C)NCc1cncc(Oc2ccc(C(C)C)cc2)c1. The molecule has 0 aliphatic carbocycles. The van der Waals surface area contributed by atoms with E-state index in [0.717, 1.165) is 23.6 Å². The van der Waals surface area contributed by atoms with Crippen LogP contribution < -0.4 is 10.1 Å². The Hall–Kier alpha value is -1.87. The van der Waals surface area contributed by atoms with Crippen LogP contribution in [-0.2, 0) is 6.54 Å². The summed E-state index contributed by atoms with van der Waals surface area (Å²) in [5.41, 5.74) is 2.44. The van der Waals surface area contributed by atoms with Crippen molar-refractivity contribution < 1.29 is 4.74 Å². The number of ether oxygens (including phenoxy) is 1. The lowest BCUT2D eigenvalue weighted by molar-refractivity contribution is 0.478. The average molecular weight is 284 g/mol. The van der Waals surface area contributed by atoms with Gasteiger partial charge in [0.1, 0.15) is 11.5 Å². The Kier molecular flexibility index (Phi) is 5.34. The predicted molar refractivity (Wildman–Crippen MR) is 86.8 cm³/mol. The zero-order valence-corrected chi connectivity index (χ0v) is 13.3. The second-order valence-electron chi connectivity index (χ2n) is 5.89. The van der Waals surface area contributed by atoms with Crippen molar-refractivity contribution in [2.45, 2.75) is 46.2 Å². The van der Waals surface area contributed by atoms with Gasteiger partial charge in [0, 0.05) is 18.8 Å². The van der Waals surface area contributed by atoms with Gasteiger partial charge in [0.25, 0.3) is 0 Å². The lowest BCUT2D eigenvalue weighted by Crippen LogP contribution is -2.21. The molecule has 0 atom stereocenters. The maximum atomic E-state index is 5.87. The molecule has 2 rings (SSSR count). The molecule has 21 heavy (non-hydrogen) atoms. The molecule has 0 radical (unpaired) electrons. The summed E-state index contributed by atoms with van der Waals surface area (Å²) in [5.74, 6) is 2.15. The number of nitrogens with zero attached hydrogens (tertiary/aromatic N) is 1. The first-order chi connectivity index (χ1) is 10.0. The Morgan fingerprint density at radius 1 is 1.00 bits per heavy atom. The van der Waals surface area contributed by atoms with E-state index in [0.29, 0.717) is 12.0 Å². The van der Waals surface area contributed by atoms with E-state index in [1.54, 1.807) is 6.20 Å². The van der Waals surface area contributed by atoms with E-state index in [2.05, 4.69) is 50.1 Å². The number of nitrogens with one attached hydrogen (secondary N) is 1. The van der Waals surface area contributed by atoms with Gasteiger partial charge in [0.2, 0.25) is 0 Å². The first-order valence-electron chi connectivity index (χ1n) is 7.49. The molecule has 3 nitrogen and oxygen atoms in total. The molecule has 1 heterocycles. The monoisotopic (exact) mass is 284 g/mol. The third-order valence-corrected chi connectivity index (χ3v) is 3.27. The summed E-state index contributed by atoms with van der Waals surface area (Å²) in [7, 11) is 0. The third-order valence-electron chi connectivity index (χ3n) is 3.27. The number of hydrogen-bond donors (Lipinski definition) is 1. The lowest BCUT2D eigenvalue weighted by Gasteiger charge is -2.11. The van der Waals surface area contributed by atoms with Crippen LogP contribution in [0.2, 0.25) is 0 Å². The lowest BCUT2D eigenvalue weighted by atomic mass is 10.0. The van der Waals surface area contributed by atoms with Gasteiger partial charge in [-0.1, -0.05) is 39.8 Å². The van der Waals surface area contributed by atoms with Gasteiger partial charge in [0.05, 0.1) is 6.20 Å². The zero-order chi connectivity index (χ0) is 15.2. The predicted octanol–water partition coefficient (Wildman–Crippen LogP) is 4.50. The van der Waals surface area contributed by atoms with E-state index in [9.17, 15) is 0 Å². The molecule has 0 saturated heterocycles. The minimum absolute atomic E-state index is 0.457. The highest BCUT2D eigenvalue weighted by Crippen LogP contribution is 2.24. The van der Waals surface area contributed by atoms with Crippen molar-refractivity contribution in [1.29, 1.82) is 0 Å². The van der Waals surface area contributed by atoms with E-state index in [-0.39, 0.29) is 0 Å². The van der Waals surface area contributed by atoms with E-state index in [1.807, 2.05) is 24.4 Å². The van der Waals surface area contributed by atoms with Gasteiger partial charge in [-0.2, -0.15) is 0 Å². The second kappa shape index (κ2) is 7.23. The van der Waals surface area contributed by atoms with Crippen LogP contribution in [0.4, 0.5) is 0 Å². The third kappa shape index (κ3) is 4.87. The molecule has 1 aromatic carbocycles. The maximum Gasteiger partial charge on any atom is 0.146 e. The van der Waals surface area contributed by atoms with Crippen molar-refractivity contribution in [3.05, 3.63) is 53.9 Å². The van der Waals surface area contributed by atoms with Gasteiger partial charge >= 0.3 is 0 Å². The van der Waals surface area contributed by atoms with Crippen LogP contribution in [0.5, 0.6) is 11.5 Å². The van der Waals surface area contributed by atoms with Gasteiger partial charge in [-0.15, -0.1) is 0 Å². The summed E-state index contributed by atoms with van der Waals surface area (Å²) in [6.07, 6.45) is 3.61. The highest BCUT2D eigenvalue weighted by molar-refractivity contribution is 5.34. The van der Waals surface area contributed by atoms with Gasteiger partial charge in [-0.3, -0.25) is 4.98 Å². The summed E-state index contributed by atoms with van der Waals surface area (Å²) in [6.45, 7) is 9.43. The maximum absolute atomic E-state index is 5.87. The number of pyridine rings is 1. The van der Waals surface area contributed by atoms with Crippen molar-refractivity contribution in [2.24, 2.45) is 0 Å². The first-order valence-corrected chi connectivity index (χ1v) is 7.49. The van der Waals surface area contributed by atoms with Crippen LogP contribution in [0.1, 0.15) is 44.7 Å². The molecule has 0 bridgehead atoms. The Bertz CT molecular complexity index is 562. The van der Waals surface area contributed by atoms with Crippen LogP contribution in [0, 0.1) is 0 Å². The first kappa shape index (κ1) is 15.5. The molecule has 2 aromatic rings. The summed E-state index contributed by atoms with van der Waals surface area (Å²) >= 11 is 0. The fourth-order valence-corrected chi connectivity index (χ4v) is 2.00. The molecule has 112 valence electrons. The van der Waals surface area contributed by atoms with Crippen LogP contribution in [0.15, 0.2) is 42.7 Å². The Balaban J connectivity index is 2.03. The highest BCUT2D eigenvalue weighted by atomic mass is 16.5. The molecule has 0 saturated carbocycles. The van der Waals surface area contributed by atoms with Crippen molar-refractivity contribution in [3.8, 4) is 11.5 Å². The van der Waals surface area contributed by atoms with Crippen LogP contribution in [0.25, 0.3) is 0 Å². The molecule has 0 spiro atoms. The van der Waals surface area contributed by atoms with Crippen LogP contribution in [0.3, 0.4) is 0 Å². The normalized spacial score (nSPS) is 11.1. The van der Waals surface area contributed by atoms with Crippen molar-refractivity contribution >= 4 is 0 Å². The van der Waals surface area contributed by atoms with Crippen LogP contribution >= 0.6 is 0 Å². The summed E-state index contributed by atoms with van der Waals surface area (Å²) in [5, 5.41) is 3.38. The number of aromatic nitrogens is 1. The minimum atomic E-state index is 0.457. The summed E-state index contributed by atoms with van der Waals surface area (Å²) in [6, 6.07) is 10.7. The minimum Gasteiger partial charge on any atom is -0.456 e. The van der Waals surface area contributed by atoms with Crippen molar-refractivity contribution in [2.75, 3.05) is 0 Å². The number of hydrogen-bond acceptors (Lipinski definition) is 3. The molecular formula is C18H24N2O. The fraction of sp³-hybridized carbons (Fsp3) is 0.389. The quantitative estimate of drug-likeness (QED) is 0.848. The van der Waals surface area contributed by atoms with E-state index >= 15 is 0 Å². The zero-order valence-electron chi connectivity index (χ0n) is 13.3. The summed E-state index contributed by atoms with van der Waals surface area (Å²) in [4.78, 5) is 4.24. The van der Waals surface area contributed by atoms with Gasteiger partial charge in [0.15, 0.2) is 0 Å². The Morgan fingerprint density at radius 3 is 2.33 bits per heavy atom. The molecule has 3 heteroatoms. The molecule has 1 aromatic heterocycles. The average Bonchev–Trinajstić information content (AvgIpc) is 2.46. The topological polar surface area (TPSA) is 34.2 Å². The van der Waals surface area contributed by atoms with Crippen molar-refractivity contribution in [3.63, 3.8) is 0 Å². The van der Waals surface area contributed by atoms with E-state index in [1.165, 1.54) is 5.56 Å². The molecule has 0 aliphatic heterocycles. The largest absolute Gasteiger partial charge is 0.456 e. The molecule has 0 aliphatic rings. The smallest absolute Gasteiger partial charge is 0.146 e. The van der Waals surface area contributed by atoms with Crippen molar-refractivity contribution in [1.82, 2.24) is 10.3 Å². The Labute approximate surface area is 127 Å². The standard InChI is InChI=1S/C18H24N2O/c1-13(2)16-5-7-17(8-6-16)21-18-9-15(10-19-12-18)11-20-14(3)4/h5-10,12-14,20H,11H2,1-4H3. The molecular weight excluding hydrogens is 260 g/mol. The van der Waals surface area contributed by atoms with Gasteiger partial charge < -0.3 is 10.1 Å². The van der Waals surface area contributed by atoms with Crippen LogP contribution in [-0.4, -0.2) is 11.0 Å². The highest BCUT2D eigenvalue weighted by Gasteiger charge is 2.03. The van der Waals surface area contributed by atoms with E-state index in [4.69, 9.17) is 4.74 Å². The van der Waals surface area contributed by atoms with E-state index < -0.39 is 0 Å². The molecule has 0 amide bonds.